The lowest BCUT2D eigenvalue weighted by molar-refractivity contribution is -0.116. The summed E-state index contributed by atoms with van der Waals surface area (Å²) in [5, 5.41) is 2.78. The molecule has 4 nitrogen and oxygen atoms in total. The molecule has 26 heavy (non-hydrogen) atoms. The number of halogens is 2. The molecule has 0 bridgehead atoms. The van der Waals surface area contributed by atoms with E-state index in [9.17, 15) is 13.6 Å². The van der Waals surface area contributed by atoms with Gasteiger partial charge in [-0.3, -0.25) is 4.79 Å². The molecule has 2 aromatic carbocycles. The fourth-order valence-corrected chi connectivity index (χ4v) is 3.01. The highest BCUT2D eigenvalue weighted by atomic mass is 19.1. The van der Waals surface area contributed by atoms with Crippen molar-refractivity contribution in [1.29, 1.82) is 0 Å². The third-order valence-corrected chi connectivity index (χ3v) is 4.20. The molecule has 0 radical (unpaired) electrons. The molecule has 3 rings (SSSR count). The van der Waals surface area contributed by atoms with Gasteiger partial charge in [-0.15, -0.1) is 0 Å². The molecular formula is C20H21F2NO3. The zero-order valence-electron chi connectivity index (χ0n) is 14.8. The molecule has 0 saturated heterocycles. The Morgan fingerprint density at radius 1 is 1.31 bits per heavy atom. The van der Waals surface area contributed by atoms with E-state index in [1.54, 1.807) is 6.07 Å². The van der Waals surface area contributed by atoms with Crippen LogP contribution in [0.25, 0.3) is 0 Å². The monoisotopic (exact) mass is 361 g/mol. The van der Waals surface area contributed by atoms with Crippen LogP contribution in [0.1, 0.15) is 31.4 Å². The van der Waals surface area contributed by atoms with E-state index in [-0.39, 0.29) is 30.4 Å². The van der Waals surface area contributed by atoms with Gasteiger partial charge in [0.1, 0.15) is 29.2 Å². The first kappa shape index (κ1) is 18.2. The van der Waals surface area contributed by atoms with Crippen LogP contribution in [-0.2, 0) is 17.6 Å². The lowest BCUT2D eigenvalue weighted by Gasteiger charge is -2.13. The Kier molecular flexibility index (Phi) is 5.40. The van der Waals surface area contributed by atoms with Gasteiger partial charge >= 0.3 is 0 Å². The number of benzene rings is 2. The highest BCUT2D eigenvalue weighted by Crippen LogP contribution is 2.38. The second-order valence-corrected chi connectivity index (χ2v) is 6.31. The molecule has 1 N–H and O–H groups in total. The van der Waals surface area contributed by atoms with E-state index in [1.807, 2.05) is 19.9 Å². The Morgan fingerprint density at radius 2 is 2.12 bits per heavy atom. The highest BCUT2D eigenvalue weighted by Gasteiger charge is 2.22. The van der Waals surface area contributed by atoms with Crippen molar-refractivity contribution < 1.29 is 23.0 Å². The maximum absolute atomic E-state index is 13.7. The molecular weight excluding hydrogens is 340 g/mol. The fourth-order valence-electron chi connectivity index (χ4n) is 3.01. The predicted octanol–water partition coefficient (Wildman–Crippen LogP) is 4.26. The van der Waals surface area contributed by atoms with Crippen molar-refractivity contribution in [2.75, 3.05) is 11.9 Å². The minimum atomic E-state index is -0.523. The molecule has 1 heterocycles. The van der Waals surface area contributed by atoms with Gasteiger partial charge in [-0.1, -0.05) is 0 Å². The van der Waals surface area contributed by atoms with Crippen molar-refractivity contribution in [2.24, 2.45) is 0 Å². The SMILES string of the molecule is CCOc1cc2c(cc1NC(=O)CCc1cc(F)ccc1F)OC(C)C2. The third kappa shape index (κ3) is 4.12. The first-order valence-electron chi connectivity index (χ1n) is 8.66. The summed E-state index contributed by atoms with van der Waals surface area (Å²) < 4.78 is 38.2. The molecule has 138 valence electrons. The zero-order chi connectivity index (χ0) is 18.7. The normalized spacial score (nSPS) is 15.3. The van der Waals surface area contributed by atoms with Gasteiger partial charge in [-0.05, 0) is 50.1 Å². The standard InChI is InChI=1S/C20H21F2NO3/c1-3-25-19-10-14-8-12(2)26-18(14)11-17(19)23-20(24)7-4-13-9-15(21)5-6-16(13)22/h5-6,9-12H,3-4,7-8H2,1-2H3,(H,23,24). The number of carbonyl (C=O) groups excluding carboxylic acids is 1. The van der Waals surface area contributed by atoms with E-state index >= 15 is 0 Å². The molecule has 1 atom stereocenters. The number of ether oxygens (including phenoxy) is 2. The van der Waals surface area contributed by atoms with Crippen molar-refractivity contribution in [3.8, 4) is 11.5 Å². The number of carbonyl (C=O) groups is 1. The Hall–Kier alpha value is -2.63. The molecule has 0 spiro atoms. The number of amides is 1. The maximum Gasteiger partial charge on any atom is 0.224 e. The van der Waals surface area contributed by atoms with Gasteiger partial charge in [0.25, 0.3) is 0 Å². The quantitative estimate of drug-likeness (QED) is 0.836. The average molecular weight is 361 g/mol. The number of rotatable bonds is 6. The summed E-state index contributed by atoms with van der Waals surface area (Å²) in [6, 6.07) is 6.86. The Morgan fingerprint density at radius 3 is 2.88 bits per heavy atom. The van der Waals surface area contributed by atoms with Gasteiger partial charge in [-0.25, -0.2) is 8.78 Å². The number of hydrogen-bond acceptors (Lipinski definition) is 3. The Labute approximate surface area is 151 Å². The fraction of sp³-hybridized carbons (Fsp3) is 0.350. The van der Waals surface area contributed by atoms with E-state index in [4.69, 9.17) is 9.47 Å². The van der Waals surface area contributed by atoms with Crippen molar-refractivity contribution >= 4 is 11.6 Å². The second kappa shape index (κ2) is 7.72. The van der Waals surface area contributed by atoms with Crippen LogP contribution < -0.4 is 14.8 Å². The van der Waals surface area contributed by atoms with Crippen molar-refractivity contribution in [1.82, 2.24) is 0 Å². The van der Waals surface area contributed by atoms with E-state index in [0.717, 1.165) is 35.9 Å². The molecule has 1 amide bonds. The molecule has 0 aliphatic carbocycles. The largest absolute Gasteiger partial charge is 0.492 e. The lowest BCUT2D eigenvalue weighted by Crippen LogP contribution is -2.14. The summed E-state index contributed by atoms with van der Waals surface area (Å²) in [6.07, 6.45) is 1.02. The minimum Gasteiger partial charge on any atom is -0.492 e. The predicted molar refractivity (Wildman–Crippen MR) is 94.7 cm³/mol. The van der Waals surface area contributed by atoms with Gasteiger partial charge in [0, 0.05) is 24.5 Å². The van der Waals surface area contributed by atoms with Gasteiger partial charge in [-0.2, -0.15) is 0 Å². The molecule has 2 aromatic rings. The number of anilines is 1. The molecule has 1 aliphatic rings. The summed E-state index contributed by atoms with van der Waals surface area (Å²) in [5.41, 5.74) is 1.74. The number of fused-ring (bicyclic) bond motifs is 1. The summed E-state index contributed by atoms with van der Waals surface area (Å²) in [5.74, 6) is -0.0401. The van der Waals surface area contributed by atoms with Crippen LogP contribution in [0.2, 0.25) is 0 Å². The lowest BCUT2D eigenvalue weighted by atomic mass is 10.1. The average Bonchev–Trinajstić information content (AvgIpc) is 2.95. The van der Waals surface area contributed by atoms with Crippen LogP contribution in [-0.4, -0.2) is 18.6 Å². The van der Waals surface area contributed by atoms with Crippen molar-refractivity contribution in [3.63, 3.8) is 0 Å². The van der Waals surface area contributed by atoms with Crippen LogP contribution in [0.3, 0.4) is 0 Å². The minimum absolute atomic E-state index is 0.0281. The molecule has 0 aromatic heterocycles. The molecule has 0 saturated carbocycles. The first-order chi connectivity index (χ1) is 12.5. The number of nitrogens with one attached hydrogen (secondary N) is 1. The second-order valence-electron chi connectivity index (χ2n) is 6.31. The summed E-state index contributed by atoms with van der Waals surface area (Å²) in [6.45, 7) is 4.31. The van der Waals surface area contributed by atoms with Gasteiger partial charge in [0.15, 0.2) is 0 Å². The van der Waals surface area contributed by atoms with Crippen LogP contribution in [0, 0.1) is 11.6 Å². The van der Waals surface area contributed by atoms with Crippen LogP contribution >= 0.6 is 0 Å². The molecule has 6 heteroatoms. The van der Waals surface area contributed by atoms with Crippen molar-refractivity contribution in [2.45, 2.75) is 39.2 Å². The zero-order valence-corrected chi connectivity index (χ0v) is 14.8. The smallest absolute Gasteiger partial charge is 0.224 e. The van der Waals surface area contributed by atoms with Crippen LogP contribution in [0.4, 0.5) is 14.5 Å². The van der Waals surface area contributed by atoms with E-state index in [1.165, 1.54) is 0 Å². The Balaban J connectivity index is 1.70. The van der Waals surface area contributed by atoms with Gasteiger partial charge in [0.2, 0.25) is 5.91 Å². The number of aryl methyl sites for hydroxylation is 1. The third-order valence-electron chi connectivity index (χ3n) is 4.20. The summed E-state index contributed by atoms with van der Waals surface area (Å²) >= 11 is 0. The molecule has 0 fully saturated rings. The van der Waals surface area contributed by atoms with Crippen LogP contribution in [0.15, 0.2) is 30.3 Å². The Bertz CT molecular complexity index is 823. The van der Waals surface area contributed by atoms with Gasteiger partial charge < -0.3 is 14.8 Å². The van der Waals surface area contributed by atoms with E-state index in [2.05, 4.69) is 5.32 Å². The maximum atomic E-state index is 13.7. The van der Waals surface area contributed by atoms with Gasteiger partial charge in [0.05, 0.1) is 12.3 Å². The topological polar surface area (TPSA) is 47.6 Å². The highest BCUT2D eigenvalue weighted by molar-refractivity contribution is 5.93. The molecule has 1 aliphatic heterocycles. The van der Waals surface area contributed by atoms with E-state index < -0.39 is 11.6 Å². The first-order valence-corrected chi connectivity index (χ1v) is 8.66. The number of hydrogen-bond donors (Lipinski definition) is 1. The summed E-state index contributed by atoms with van der Waals surface area (Å²) in [4.78, 5) is 12.3. The van der Waals surface area contributed by atoms with Crippen LogP contribution in [0.5, 0.6) is 11.5 Å². The van der Waals surface area contributed by atoms with E-state index in [0.29, 0.717) is 18.0 Å². The van der Waals surface area contributed by atoms with Crippen molar-refractivity contribution in [3.05, 3.63) is 53.1 Å². The summed E-state index contributed by atoms with van der Waals surface area (Å²) in [7, 11) is 0. The molecule has 1 unspecified atom stereocenters.